The highest BCUT2D eigenvalue weighted by Crippen LogP contribution is 2.17. The van der Waals surface area contributed by atoms with Crippen molar-refractivity contribution in [3.63, 3.8) is 0 Å². The van der Waals surface area contributed by atoms with Gasteiger partial charge in [0.25, 0.3) is 0 Å². The van der Waals surface area contributed by atoms with E-state index in [9.17, 15) is 13.2 Å². The second-order valence-corrected chi connectivity index (χ2v) is 8.99. The molecular formula is C16H27N5O3S. The van der Waals surface area contributed by atoms with Crippen LogP contribution in [0.15, 0.2) is 6.07 Å². The molecule has 2 aliphatic heterocycles. The van der Waals surface area contributed by atoms with E-state index in [4.69, 9.17) is 0 Å². The molecule has 1 fully saturated rings. The van der Waals surface area contributed by atoms with Crippen molar-refractivity contribution in [3.8, 4) is 0 Å². The summed E-state index contributed by atoms with van der Waals surface area (Å²) in [5.41, 5.74) is 1.65. The molecule has 1 aromatic rings. The Morgan fingerprint density at radius 3 is 2.80 bits per heavy atom. The number of piperidine rings is 1. The summed E-state index contributed by atoms with van der Waals surface area (Å²) in [5.74, 6) is 0.0446. The van der Waals surface area contributed by atoms with Gasteiger partial charge in [0.2, 0.25) is 15.9 Å². The Hall–Kier alpha value is -1.45. The van der Waals surface area contributed by atoms with Crippen LogP contribution in [0.2, 0.25) is 0 Å². The number of fused-ring (bicyclic) bond motifs is 1. The number of carbonyl (C=O) groups is 1. The molecule has 0 saturated carbocycles. The fourth-order valence-corrected chi connectivity index (χ4v) is 4.39. The highest BCUT2D eigenvalue weighted by molar-refractivity contribution is 7.88. The van der Waals surface area contributed by atoms with Crippen LogP contribution in [0.1, 0.15) is 37.1 Å². The molecule has 1 atom stereocenters. The predicted molar refractivity (Wildman–Crippen MR) is 94.2 cm³/mol. The molecule has 1 aromatic heterocycles. The van der Waals surface area contributed by atoms with Crippen molar-refractivity contribution in [2.75, 3.05) is 26.4 Å². The zero-order chi connectivity index (χ0) is 18.0. The number of nitrogens with zero attached hydrogens (tertiary/aromatic N) is 4. The second kappa shape index (κ2) is 7.43. The largest absolute Gasteiger partial charge is 0.349 e. The van der Waals surface area contributed by atoms with E-state index >= 15 is 0 Å². The van der Waals surface area contributed by atoms with E-state index in [0.717, 1.165) is 43.6 Å². The van der Waals surface area contributed by atoms with Gasteiger partial charge in [0.05, 0.1) is 36.8 Å². The topological polar surface area (TPSA) is 87.5 Å². The van der Waals surface area contributed by atoms with Crippen LogP contribution in [0.3, 0.4) is 0 Å². The maximum absolute atomic E-state index is 12.4. The molecule has 25 heavy (non-hydrogen) atoms. The summed E-state index contributed by atoms with van der Waals surface area (Å²) >= 11 is 0. The smallest absolute Gasteiger partial charge is 0.237 e. The molecule has 0 bridgehead atoms. The minimum atomic E-state index is -3.21. The summed E-state index contributed by atoms with van der Waals surface area (Å²) < 4.78 is 27.0. The predicted octanol–water partition coefficient (Wildman–Crippen LogP) is 0.149. The van der Waals surface area contributed by atoms with Gasteiger partial charge in [-0.2, -0.15) is 9.40 Å². The molecule has 1 N–H and O–H groups in total. The third kappa shape index (κ3) is 4.39. The number of hydrogen-bond donors (Lipinski definition) is 1. The minimum Gasteiger partial charge on any atom is -0.349 e. The van der Waals surface area contributed by atoms with E-state index in [-0.39, 0.29) is 11.9 Å². The number of rotatable bonds is 4. The SMILES string of the molecule is CN1CCCC[C@H]1C(=O)NCc1cc2n(n1)CCCN(S(C)(=O)=O)C2. The quantitative estimate of drug-likeness (QED) is 0.816. The van der Waals surface area contributed by atoms with Gasteiger partial charge in [-0.1, -0.05) is 6.42 Å². The van der Waals surface area contributed by atoms with E-state index < -0.39 is 10.0 Å². The van der Waals surface area contributed by atoms with Crippen LogP contribution in [0.25, 0.3) is 0 Å². The monoisotopic (exact) mass is 369 g/mol. The van der Waals surface area contributed by atoms with Crippen LogP contribution in [-0.4, -0.2) is 65.7 Å². The number of likely N-dealkylation sites (N-methyl/N-ethyl adjacent to an activating group) is 1. The Morgan fingerprint density at radius 1 is 1.28 bits per heavy atom. The van der Waals surface area contributed by atoms with Crippen LogP contribution < -0.4 is 5.32 Å². The minimum absolute atomic E-state index is 0.0446. The first-order valence-corrected chi connectivity index (χ1v) is 10.7. The summed E-state index contributed by atoms with van der Waals surface area (Å²) in [6, 6.07) is 1.84. The number of aryl methyl sites for hydroxylation is 1. The van der Waals surface area contributed by atoms with Crippen molar-refractivity contribution in [3.05, 3.63) is 17.5 Å². The lowest BCUT2D eigenvalue weighted by Gasteiger charge is -2.31. The number of nitrogens with one attached hydrogen (secondary N) is 1. The van der Waals surface area contributed by atoms with Gasteiger partial charge in [-0.3, -0.25) is 14.4 Å². The molecule has 1 amide bonds. The fraction of sp³-hybridized carbons (Fsp3) is 0.750. The molecule has 0 unspecified atom stereocenters. The van der Waals surface area contributed by atoms with Crippen LogP contribution >= 0.6 is 0 Å². The summed E-state index contributed by atoms with van der Waals surface area (Å²) in [6.07, 6.45) is 5.10. The van der Waals surface area contributed by atoms with Gasteiger partial charge in [-0.25, -0.2) is 8.42 Å². The van der Waals surface area contributed by atoms with Crippen molar-refractivity contribution >= 4 is 15.9 Å². The average Bonchev–Trinajstić information content (AvgIpc) is 2.82. The van der Waals surface area contributed by atoms with Gasteiger partial charge in [0.1, 0.15) is 0 Å². The van der Waals surface area contributed by atoms with Gasteiger partial charge >= 0.3 is 0 Å². The maximum Gasteiger partial charge on any atom is 0.237 e. The van der Waals surface area contributed by atoms with E-state index in [0.29, 0.717) is 26.2 Å². The van der Waals surface area contributed by atoms with Crippen molar-refractivity contribution in [2.45, 2.75) is 51.4 Å². The second-order valence-electron chi connectivity index (χ2n) is 7.01. The lowest BCUT2D eigenvalue weighted by molar-refractivity contribution is -0.127. The summed E-state index contributed by atoms with van der Waals surface area (Å²) in [7, 11) is -1.22. The van der Waals surface area contributed by atoms with Crippen LogP contribution in [0, 0.1) is 0 Å². The average molecular weight is 369 g/mol. The van der Waals surface area contributed by atoms with Gasteiger partial charge in [0.15, 0.2) is 0 Å². The van der Waals surface area contributed by atoms with Gasteiger partial charge < -0.3 is 5.32 Å². The molecule has 1 saturated heterocycles. The van der Waals surface area contributed by atoms with Crippen LogP contribution in [-0.2, 0) is 34.5 Å². The standard InChI is InChI=1S/C16H27N5O3S/c1-19-7-4-3-6-15(19)16(22)17-11-13-10-14-12-20(25(2,23)24)8-5-9-21(14)18-13/h10,15H,3-9,11-12H2,1-2H3,(H,17,22)/t15-/m0/s1. The summed E-state index contributed by atoms with van der Waals surface area (Å²) in [6.45, 7) is 2.88. The van der Waals surface area contributed by atoms with E-state index in [1.54, 1.807) is 0 Å². The highest BCUT2D eigenvalue weighted by atomic mass is 32.2. The van der Waals surface area contributed by atoms with Gasteiger partial charge in [-0.05, 0) is 38.9 Å². The fourth-order valence-electron chi connectivity index (χ4n) is 3.56. The first kappa shape index (κ1) is 18.3. The number of carbonyl (C=O) groups excluding carboxylic acids is 1. The number of sulfonamides is 1. The van der Waals surface area contributed by atoms with E-state index in [1.165, 1.54) is 10.6 Å². The zero-order valence-corrected chi connectivity index (χ0v) is 15.8. The third-order valence-corrected chi connectivity index (χ3v) is 6.27. The Labute approximate surface area is 149 Å². The first-order valence-electron chi connectivity index (χ1n) is 8.83. The molecule has 0 spiro atoms. The number of likely N-dealkylation sites (tertiary alicyclic amines) is 1. The van der Waals surface area contributed by atoms with Crippen molar-refractivity contribution in [2.24, 2.45) is 0 Å². The molecule has 2 aliphatic rings. The van der Waals surface area contributed by atoms with Gasteiger partial charge in [-0.15, -0.1) is 0 Å². The lowest BCUT2D eigenvalue weighted by atomic mass is 10.0. The summed E-state index contributed by atoms with van der Waals surface area (Å²) in [4.78, 5) is 14.5. The first-order chi connectivity index (χ1) is 11.8. The molecule has 0 aromatic carbocycles. The van der Waals surface area contributed by atoms with Crippen molar-refractivity contribution in [1.82, 2.24) is 24.3 Å². The number of aromatic nitrogens is 2. The Bertz CT molecular complexity index is 730. The highest BCUT2D eigenvalue weighted by Gasteiger charge is 2.26. The Morgan fingerprint density at radius 2 is 2.08 bits per heavy atom. The van der Waals surface area contributed by atoms with Crippen LogP contribution in [0.4, 0.5) is 0 Å². The van der Waals surface area contributed by atoms with Crippen molar-refractivity contribution in [1.29, 1.82) is 0 Å². The van der Waals surface area contributed by atoms with Gasteiger partial charge in [0, 0.05) is 13.1 Å². The molecule has 3 heterocycles. The zero-order valence-electron chi connectivity index (χ0n) is 14.9. The molecule has 8 nitrogen and oxygen atoms in total. The lowest BCUT2D eigenvalue weighted by Crippen LogP contribution is -2.47. The van der Waals surface area contributed by atoms with Crippen molar-refractivity contribution < 1.29 is 13.2 Å². The number of amides is 1. The maximum atomic E-state index is 12.4. The van der Waals surface area contributed by atoms with E-state index in [1.807, 2.05) is 17.8 Å². The Balaban J connectivity index is 1.62. The van der Waals surface area contributed by atoms with E-state index in [2.05, 4.69) is 15.3 Å². The van der Waals surface area contributed by atoms with Crippen LogP contribution in [0.5, 0.6) is 0 Å². The molecule has 0 aliphatic carbocycles. The molecule has 140 valence electrons. The summed E-state index contributed by atoms with van der Waals surface area (Å²) in [5, 5.41) is 7.51. The third-order valence-electron chi connectivity index (χ3n) is 5.02. The molecular weight excluding hydrogens is 342 g/mol. The molecule has 3 rings (SSSR count). The number of hydrogen-bond acceptors (Lipinski definition) is 5. The normalized spacial score (nSPS) is 23.0. The molecule has 9 heteroatoms. The Kier molecular flexibility index (Phi) is 5.45. The molecule has 0 radical (unpaired) electrons.